The minimum Gasteiger partial charge on any atom is -0.373 e. The van der Waals surface area contributed by atoms with E-state index in [0.717, 1.165) is 5.56 Å². The van der Waals surface area contributed by atoms with Crippen molar-refractivity contribution >= 4 is 0 Å². The normalized spacial score (nSPS) is 37.8. The molecule has 0 unspecified atom stereocenters. The second-order valence-corrected chi connectivity index (χ2v) is 8.88. The lowest BCUT2D eigenvalue weighted by Gasteiger charge is -2.43. The Morgan fingerprint density at radius 3 is 2.31 bits per heavy atom. The van der Waals surface area contributed by atoms with Crippen molar-refractivity contribution in [3.05, 3.63) is 35.9 Å². The number of benzene rings is 1. The number of hydrogen-bond donors (Lipinski definition) is 0. The van der Waals surface area contributed by atoms with E-state index < -0.39 is 23.3 Å². The van der Waals surface area contributed by atoms with Gasteiger partial charge in [-0.1, -0.05) is 30.3 Å². The summed E-state index contributed by atoms with van der Waals surface area (Å²) in [5.41, 5.74) is -0.0952. The van der Waals surface area contributed by atoms with Crippen molar-refractivity contribution in [3.8, 4) is 6.07 Å². The van der Waals surface area contributed by atoms with E-state index >= 15 is 0 Å². The number of hydrogen-bond acceptors (Lipinski definition) is 7. The Labute approximate surface area is 171 Å². The maximum absolute atomic E-state index is 10.0. The third-order valence-corrected chi connectivity index (χ3v) is 5.49. The zero-order chi connectivity index (χ0) is 20.7. The first kappa shape index (κ1) is 20.7. The third-order valence-electron chi connectivity index (χ3n) is 5.49. The number of ether oxygens (including phenoxy) is 6. The molecule has 3 fully saturated rings. The molecule has 0 radical (unpaired) electrons. The molecule has 29 heavy (non-hydrogen) atoms. The van der Waals surface area contributed by atoms with Crippen LogP contribution in [0.3, 0.4) is 0 Å². The van der Waals surface area contributed by atoms with Gasteiger partial charge in [-0.15, -0.1) is 0 Å². The molecule has 3 aliphatic heterocycles. The lowest BCUT2D eigenvalue weighted by Crippen LogP contribution is -2.59. The van der Waals surface area contributed by atoms with Crippen LogP contribution in [-0.4, -0.2) is 54.8 Å². The molecule has 7 heteroatoms. The average molecular weight is 403 g/mol. The molecule has 1 aromatic carbocycles. The first-order valence-corrected chi connectivity index (χ1v) is 10.1. The molecular weight excluding hydrogens is 374 g/mol. The quantitative estimate of drug-likeness (QED) is 0.748. The van der Waals surface area contributed by atoms with E-state index in [9.17, 15) is 5.26 Å². The molecule has 4 rings (SSSR count). The Balaban J connectivity index is 1.51. The molecule has 7 nitrogen and oxygen atoms in total. The van der Waals surface area contributed by atoms with Crippen molar-refractivity contribution in [2.45, 2.75) is 82.3 Å². The Morgan fingerprint density at radius 1 is 0.966 bits per heavy atom. The topological polar surface area (TPSA) is 79.2 Å². The summed E-state index contributed by atoms with van der Waals surface area (Å²) in [4.78, 5) is 0. The fraction of sp³-hybridized carbons (Fsp3) is 0.682. The van der Waals surface area contributed by atoms with E-state index in [4.69, 9.17) is 28.4 Å². The third kappa shape index (κ3) is 4.48. The molecule has 3 saturated heterocycles. The van der Waals surface area contributed by atoms with E-state index in [-0.39, 0.29) is 24.9 Å². The largest absolute Gasteiger partial charge is 0.373 e. The summed E-state index contributed by atoms with van der Waals surface area (Å²) in [5, 5.41) is 10.0. The van der Waals surface area contributed by atoms with Crippen LogP contribution in [0.1, 0.15) is 39.7 Å². The highest BCUT2D eigenvalue weighted by Gasteiger charge is 2.58. The maximum Gasteiger partial charge on any atom is 0.180 e. The van der Waals surface area contributed by atoms with Crippen LogP contribution in [0.4, 0.5) is 0 Å². The SMILES string of the molecule is CC1(C)OC[C@H]([C@H]2O[C@](C#N)(COCc3ccccc3)C[C@H]3OC(C)(C)O[C@@H]23)O1. The van der Waals surface area contributed by atoms with Gasteiger partial charge in [-0.05, 0) is 33.3 Å². The second kappa shape index (κ2) is 7.62. The fourth-order valence-corrected chi connectivity index (χ4v) is 4.27. The van der Waals surface area contributed by atoms with Crippen molar-refractivity contribution < 1.29 is 28.4 Å². The molecule has 0 amide bonds. The molecule has 5 atom stereocenters. The van der Waals surface area contributed by atoms with Crippen LogP contribution in [0.5, 0.6) is 0 Å². The lowest BCUT2D eigenvalue weighted by molar-refractivity contribution is -0.228. The summed E-state index contributed by atoms with van der Waals surface area (Å²) in [7, 11) is 0. The maximum atomic E-state index is 10.0. The van der Waals surface area contributed by atoms with Gasteiger partial charge in [0.05, 0.1) is 25.9 Å². The van der Waals surface area contributed by atoms with Gasteiger partial charge in [0.25, 0.3) is 0 Å². The van der Waals surface area contributed by atoms with Crippen molar-refractivity contribution in [1.82, 2.24) is 0 Å². The van der Waals surface area contributed by atoms with Crippen LogP contribution in [0.15, 0.2) is 30.3 Å². The molecule has 0 saturated carbocycles. The van der Waals surface area contributed by atoms with E-state index in [0.29, 0.717) is 19.6 Å². The van der Waals surface area contributed by atoms with Gasteiger partial charge in [-0.3, -0.25) is 0 Å². The van der Waals surface area contributed by atoms with Gasteiger partial charge in [0.1, 0.15) is 24.4 Å². The van der Waals surface area contributed by atoms with Crippen LogP contribution >= 0.6 is 0 Å². The summed E-state index contributed by atoms with van der Waals surface area (Å²) in [6, 6.07) is 12.2. The Hall–Kier alpha value is -1.53. The Bertz CT molecular complexity index is 760. The highest BCUT2D eigenvalue weighted by atomic mass is 16.8. The molecule has 158 valence electrons. The van der Waals surface area contributed by atoms with E-state index in [1.807, 2.05) is 58.0 Å². The van der Waals surface area contributed by atoms with Gasteiger partial charge in [-0.2, -0.15) is 5.26 Å². The molecule has 1 aromatic rings. The van der Waals surface area contributed by atoms with Gasteiger partial charge in [0.2, 0.25) is 0 Å². The van der Waals surface area contributed by atoms with Gasteiger partial charge in [0, 0.05) is 6.42 Å². The van der Waals surface area contributed by atoms with Crippen molar-refractivity contribution in [2.75, 3.05) is 13.2 Å². The van der Waals surface area contributed by atoms with Gasteiger partial charge in [0.15, 0.2) is 17.2 Å². The molecule has 0 aliphatic carbocycles. The summed E-state index contributed by atoms with van der Waals surface area (Å²) in [6.45, 7) is 8.39. The summed E-state index contributed by atoms with van der Waals surface area (Å²) in [5.74, 6) is -1.45. The predicted molar refractivity (Wildman–Crippen MR) is 103 cm³/mol. The van der Waals surface area contributed by atoms with E-state index in [1.165, 1.54) is 0 Å². The minimum absolute atomic E-state index is 0.138. The fourth-order valence-electron chi connectivity index (χ4n) is 4.27. The highest BCUT2D eigenvalue weighted by Crippen LogP contribution is 2.44. The Kier molecular flexibility index (Phi) is 5.45. The highest BCUT2D eigenvalue weighted by molar-refractivity contribution is 5.14. The second-order valence-electron chi connectivity index (χ2n) is 8.88. The van der Waals surface area contributed by atoms with Crippen LogP contribution in [0.25, 0.3) is 0 Å². The number of nitriles is 1. The summed E-state index contributed by atoms with van der Waals surface area (Å²) in [6.07, 6.45) is -1.08. The van der Waals surface area contributed by atoms with Gasteiger partial charge >= 0.3 is 0 Å². The van der Waals surface area contributed by atoms with Crippen molar-refractivity contribution in [1.29, 1.82) is 5.26 Å². The summed E-state index contributed by atoms with van der Waals surface area (Å²) >= 11 is 0. The van der Waals surface area contributed by atoms with Crippen molar-refractivity contribution in [2.24, 2.45) is 0 Å². The van der Waals surface area contributed by atoms with Crippen molar-refractivity contribution in [3.63, 3.8) is 0 Å². The van der Waals surface area contributed by atoms with Crippen LogP contribution in [0.2, 0.25) is 0 Å². The van der Waals surface area contributed by atoms with E-state index in [2.05, 4.69) is 6.07 Å². The molecule has 0 bridgehead atoms. The van der Waals surface area contributed by atoms with Gasteiger partial charge in [-0.25, -0.2) is 0 Å². The standard InChI is InChI=1S/C22H29NO6/c1-20(2)25-12-17(27-20)19-18-16(26-21(3,4)28-18)10-22(13-23,29-19)14-24-11-15-8-6-5-7-9-15/h5-9,16-19H,10-12,14H2,1-4H3/t16-,17-,18-,19-,22-/m1/s1. The zero-order valence-corrected chi connectivity index (χ0v) is 17.4. The molecular formula is C22H29NO6. The molecule has 0 N–H and O–H groups in total. The Morgan fingerprint density at radius 2 is 1.66 bits per heavy atom. The van der Waals surface area contributed by atoms with Crippen LogP contribution < -0.4 is 0 Å². The smallest absolute Gasteiger partial charge is 0.180 e. The molecule has 0 aromatic heterocycles. The molecule has 3 aliphatic rings. The lowest BCUT2D eigenvalue weighted by atomic mass is 9.87. The molecule has 0 spiro atoms. The van der Waals surface area contributed by atoms with E-state index in [1.54, 1.807) is 0 Å². The molecule has 3 heterocycles. The van der Waals surface area contributed by atoms with Crippen LogP contribution in [0, 0.1) is 11.3 Å². The number of nitrogens with zero attached hydrogens (tertiary/aromatic N) is 1. The zero-order valence-electron chi connectivity index (χ0n) is 17.4. The monoisotopic (exact) mass is 403 g/mol. The summed E-state index contributed by atoms with van der Waals surface area (Å²) < 4.78 is 36.3. The average Bonchev–Trinajstić information content (AvgIpc) is 3.19. The number of fused-ring (bicyclic) bond motifs is 1. The van der Waals surface area contributed by atoms with Gasteiger partial charge < -0.3 is 28.4 Å². The van der Waals surface area contributed by atoms with Crippen LogP contribution in [-0.2, 0) is 35.0 Å². The number of rotatable bonds is 5. The first-order chi connectivity index (χ1) is 13.7. The first-order valence-electron chi connectivity index (χ1n) is 10.1. The predicted octanol–water partition coefficient (Wildman–Crippen LogP) is 2.93. The minimum atomic E-state index is -1.14.